The summed E-state index contributed by atoms with van der Waals surface area (Å²) < 4.78 is 0. The van der Waals surface area contributed by atoms with Gasteiger partial charge >= 0.3 is 0 Å². The van der Waals surface area contributed by atoms with E-state index in [-0.39, 0.29) is 5.91 Å². The molecule has 3 rings (SSSR count). The lowest BCUT2D eigenvalue weighted by Crippen LogP contribution is -2.47. The second-order valence-corrected chi connectivity index (χ2v) is 4.99. The van der Waals surface area contributed by atoms with Gasteiger partial charge in [-0.2, -0.15) is 0 Å². The third-order valence-electron chi connectivity index (χ3n) is 3.84. The van der Waals surface area contributed by atoms with Crippen molar-refractivity contribution in [3.8, 4) is 0 Å². The van der Waals surface area contributed by atoms with Gasteiger partial charge in [-0.15, -0.1) is 0 Å². The molecule has 1 heterocycles. The molecule has 3 N–H and O–H groups in total. The second-order valence-electron chi connectivity index (χ2n) is 4.99. The molecule has 1 aliphatic rings. The fourth-order valence-electron chi connectivity index (χ4n) is 2.73. The lowest BCUT2D eigenvalue weighted by atomic mass is 9.83. The van der Waals surface area contributed by atoms with Gasteiger partial charge in [0.25, 0.3) is 5.91 Å². The van der Waals surface area contributed by atoms with Crippen LogP contribution in [0, 0.1) is 0 Å². The van der Waals surface area contributed by atoms with Crippen molar-refractivity contribution in [2.24, 2.45) is 5.73 Å². The Morgan fingerprint density at radius 1 is 1.00 bits per heavy atom. The number of carbonyl (C=O) groups is 1. The highest BCUT2D eigenvalue weighted by molar-refractivity contribution is 5.93. The molecule has 2 aromatic carbocycles. The summed E-state index contributed by atoms with van der Waals surface area (Å²) in [6, 6.07) is 19.4. The number of hydrogen-bond acceptors (Lipinski definition) is 3. The zero-order chi connectivity index (χ0) is 14.2. The first-order valence-corrected chi connectivity index (χ1v) is 6.58. The average molecular weight is 267 g/mol. The first-order valence-electron chi connectivity index (χ1n) is 6.58. The smallest absolute Gasteiger partial charge is 0.254 e. The van der Waals surface area contributed by atoms with Crippen LogP contribution in [0.1, 0.15) is 11.1 Å². The van der Waals surface area contributed by atoms with Crippen LogP contribution in [0.3, 0.4) is 0 Å². The Kier molecular flexibility index (Phi) is 3.04. The monoisotopic (exact) mass is 267 g/mol. The molecule has 0 saturated carbocycles. The molecule has 1 unspecified atom stereocenters. The van der Waals surface area contributed by atoms with E-state index in [1.54, 1.807) is 11.9 Å². The summed E-state index contributed by atoms with van der Waals surface area (Å²) in [5, 5.41) is 3.25. The molecule has 0 aromatic heterocycles. The van der Waals surface area contributed by atoms with Crippen molar-refractivity contribution < 1.29 is 4.79 Å². The highest BCUT2D eigenvalue weighted by Crippen LogP contribution is 2.35. The van der Waals surface area contributed by atoms with Crippen LogP contribution in [0.2, 0.25) is 0 Å². The number of nitrogens with two attached hydrogens (primary N) is 1. The van der Waals surface area contributed by atoms with Gasteiger partial charge in [-0.05, 0) is 11.1 Å². The van der Waals surface area contributed by atoms with Crippen molar-refractivity contribution in [1.82, 2.24) is 10.2 Å². The lowest BCUT2D eigenvalue weighted by molar-refractivity contribution is -0.131. The van der Waals surface area contributed by atoms with E-state index < -0.39 is 11.8 Å². The summed E-state index contributed by atoms with van der Waals surface area (Å²) in [7, 11) is 1.72. The SMILES string of the molecule is CN1C(=O)C(c2ccccc2)(c2ccccc2)NC1N. The molecule has 0 radical (unpaired) electrons. The molecule has 1 aliphatic heterocycles. The van der Waals surface area contributed by atoms with Crippen LogP contribution < -0.4 is 11.1 Å². The van der Waals surface area contributed by atoms with Gasteiger partial charge in [0.2, 0.25) is 0 Å². The van der Waals surface area contributed by atoms with Gasteiger partial charge in [-0.3, -0.25) is 15.8 Å². The maximum Gasteiger partial charge on any atom is 0.254 e. The minimum atomic E-state index is -0.906. The highest BCUT2D eigenvalue weighted by atomic mass is 16.2. The van der Waals surface area contributed by atoms with E-state index in [0.717, 1.165) is 11.1 Å². The molecule has 0 bridgehead atoms. The molecular formula is C16H17N3O. The predicted octanol–water partition coefficient (Wildman–Crippen LogP) is 1.23. The fourth-order valence-corrected chi connectivity index (χ4v) is 2.73. The van der Waals surface area contributed by atoms with Crippen LogP contribution >= 0.6 is 0 Å². The molecule has 1 saturated heterocycles. The molecule has 1 atom stereocenters. The van der Waals surface area contributed by atoms with E-state index in [1.165, 1.54) is 0 Å². The van der Waals surface area contributed by atoms with Crippen LogP contribution in [0.5, 0.6) is 0 Å². The van der Waals surface area contributed by atoms with Gasteiger partial charge < -0.3 is 4.90 Å². The minimum absolute atomic E-state index is 0.0394. The number of amides is 1. The van der Waals surface area contributed by atoms with E-state index in [4.69, 9.17) is 5.73 Å². The third-order valence-corrected chi connectivity index (χ3v) is 3.84. The summed E-state index contributed by atoms with van der Waals surface area (Å²) in [5.41, 5.74) is 6.91. The zero-order valence-corrected chi connectivity index (χ0v) is 11.3. The number of benzene rings is 2. The number of nitrogens with zero attached hydrogens (tertiary/aromatic N) is 1. The number of carbonyl (C=O) groups excluding carboxylic acids is 1. The van der Waals surface area contributed by atoms with Gasteiger partial charge in [0.05, 0.1) is 0 Å². The van der Waals surface area contributed by atoms with Crippen molar-refractivity contribution >= 4 is 5.91 Å². The van der Waals surface area contributed by atoms with Crippen molar-refractivity contribution in [3.05, 3.63) is 71.8 Å². The van der Waals surface area contributed by atoms with E-state index in [0.29, 0.717) is 0 Å². The van der Waals surface area contributed by atoms with Crippen molar-refractivity contribution in [3.63, 3.8) is 0 Å². The van der Waals surface area contributed by atoms with Crippen molar-refractivity contribution in [1.29, 1.82) is 0 Å². The molecule has 1 amide bonds. The highest BCUT2D eigenvalue weighted by Gasteiger charge is 2.51. The Morgan fingerprint density at radius 3 is 1.80 bits per heavy atom. The Balaban J connectivity index is 2.22. The first-order chi connectivity index (χ1) is 9.66. The Hall–Kier alpha value is -2.17. The van der Waals surface area contributed by atoms with Gasteiger partial charge in [0.15, 0.2) is 5.54 Å². The van der Waals surface area contributed by atoms with Crippen molar-refractivity contribution in [2.45, 2.75) is 11.8 Å². The number of nitrogens with one attached hydrogen (secondary N) is 1. The average Bonchev–Trinajstić information content (AvgIpc) is 2.74. The van der Waals surface area contributed by atoms with Gasteiger partial charge in [-0.25, -0.2) is 0 Å². The van der Waals surface area contributed by atoms with Gasteiger partial charge in [-0.1, -0.05) is 60.7 Å². The van der Waals surface area contributed by atoms with Crippen LogP contribution in [0.4, 0.5) is 0 Å². The normalized spacial score (nSPS) is 21.2. The molecule has 102 valence electrons. The summed E-state index contributed by atoms with van der Waals surface area (Å²) in [4.78, 5) is 14.4. The fraction of sp³-hybridized carbons (Fsp3) is 0.188. The number of likely N-dealkylation sites (N-methyl/N-ethyl adjacent to an activating group) is 1. The molecule has 20 heavy (non-hydrogen) atoms. The predicted molar refractivity (Wildman–Crippen MR) is 77.5 cm³/mol. The molecule has 0 spiro atoms. The minimum Gasteiger partial charge on any atom is -0.315 e. The second kappa shape index (κ2) is 4.74. The van der Waals surface area contributed by atoms with Crippen LogP contribution in [-0.2, 0) is 10.3 Å². The Morgan fingerprint density at radius 2 is 1.45 bits per heavy atom. The standard InChI is InChI=1S/C16H17N3O/c1-19-14(20)16(18-15(19)17,12-8-4-2-5-9-12)13-10-6-3-7-11-13/h2-11,15,18H,17H2,1H3. The van der Waals surface area contributed by atoms with E-state index in [9.17, 15) is 4.79 Å². The molecule has 1 fully saturated rings. The topological polar surface area (TPSA) is 58.4 Å². The zero-order valence-electron chi connectivity index (χ0n) is 11.3. The maximum atomic E-state index is 12.8. The Bertz CT molecular complexity index is 573. The molecule has 4 nitrogen and oxygen atoms in total. The lowest BCUT2D eigenvalue weighted by Gasteiger charge is -2.28. The number of rotatable bonds is 2. The summed E-state index contributed by atoms with van der Waals surface area (Å²) >= 11 is 0. The first kappa shape index (κ1) is 12.8. The van der Waals surface area contributed by atoms with E-state index >= 15 is 0 Å². The van der Waals surface area contributed by atoms with Crippen LogP contribution in [0.15, 0.2) is 60.7 Å². The van der Waals surface area contributed by atoms with Crippen LogP contribution in [-0.4, -0.2) is 24.1 Å². The van der Waals surface area contributed by atoms with E-state index in [2.05, 4.69) is 5.32 Å². The van der Waals surface area contributed by atoms with Gasteiger partial charge in [0, 0.05) is 7.05 Å². The summed E-state index contributed by atoms with van der Waals surface area (Å²) in [6.07, 6.45) is -0.497. The van der Waals surface area contributed by atoms with Crippen LogP contribution in [0.25, 0.3) is 0 Å². The quantitative estimate of drug-likeness (QED) is 0.860. The maximum absolute atomic E-state index is 12.8. The Labute approximate surface area is 118 Å². The van der Waals surface area contributed by atoms with Crippen molar-refractivity contribution in [2.75, 3.05) is 7.05 Å². The number of hydrogen-bond donors (Lipinski definition) is 2. The molecular weight excluding hydrogens is 250 g/mol. The van der Waals surface area contributed by atoms with Gasteiger partial charge in [0.1, 0.15) is 6.29 Å². The molecule has 0 aliphatic carbocycles. The summed E-state index contributed by atoms with van der Waals surface area (Å²) in [5.74, 6) is -0.0394. The third kappa shape index (κ3) is 1.73. The van der Waals surface area contributed by atoms with E-state index in [1.807, 2.05) is 60.7 Å². The largest absolute Gasteiger partial charge is 0.315 e. The molecule has 2 aromatic rings. The molecule has 4 heteroatoms. The summed E-state index contributed by atoms with van der Waals surface area (Å²) in [6.45, 7) is 0.